The number of hydrogen-bond donors (Lipinski definition) is 1. The molecule has 0 saturated heterocycles. The second-order valence-electron chi connectivity index (χ2n) is 4.38. The Morgan fingerprint density at radius 2 is 1.94 bits per heavy atom. The van der Waals surface area contributed by atoms with E-state index in [1.807, 2.05) is 36.5 Å². The summed E-state index contributed by atoms with van der Waals surface area (Å²) in [7, 11) is 0. The fourth-order valence-electron chi connectivity index (χ4n) is 2.21. The molecule has 3 rings (SSSR count). The van der Waals surface area contributed by atoms with Crippen LogP contribution in [-0.4, -0.2) is 9.38 Å². The summed E-state index contributed by atoms with van der Waals surface area (Å²) >= 11 is 0. The molecular weight excluding hydrogens is 222 g/mol. The van der Waals surface area contributed by atoms with Gasteiger partial charge >= 0.3 is 0 Å². The normalized spacial score (nSPS) is 11.0. The van der Waals surface area contributed by atoms with Crippen LogP contribution in [-0.2, 0) is 6.54 Å². The summed E-state index contributed by atoms with van der Waals surface area (Å²) in [5, 5.41) is 0. The molecule has 2 aromatic heterocycles. The molecule has 18 heavy (non-hydrogen) atoms. The van der Waals surface area contributed by atoms with Gasteiger partial charge in [-0.1, -0.05) is 30.3 Å². The van der Waals surface area contributed by atoms with Crippen molar-refractivity contribution in [1.29, 1.82) is 0 Å². The highest BCUT2D eigenvalue weighted by Crippen LogP contribution is 2.23. The monoisotopic (exact) mass is 237 g/mol. The number of rotatable bonds is 2. The van der Waals surface area contributed by atoms with Crippen molar-refractivity contribution in [2.24, 2.45) is 5.73 Å². The van der Waals surface area contributed by atoms with Crippen LogP contribution in [0.5, 0.6) is 0 Å². The molecule has 0 spiro atoms. The highest BCUT2D eigenvalue weighted by molar-refractivity contribution is 5.66. The number of hydrogen-bond acceptors (Lipinski definition) is 2. The second kappa shape index (κ2) is 4.27. The van der Waals surface area contributed by atoms with Crippen molar-refractivity contribution in [3.8, 4) is 11.3 Å². The van der Waals surface area contributed by atoms with Crippen LogP contribution in [0, 0.1) is 6.92 Å². The third-order valence-electron chi connectivity index (χ3n) is 3.21. The van der Waals surface area contributed by atoms with Gasteiger partial charge in [0.15, 0.2) is 0 Å². The average Bonchev–Trinajstić information content (AvgIpc) is 2.76. The number of aromatic nitrogens is 2. The zero-order valence-electron chi connectivity index (χ0n) is 10.3. The Bertz CT molecular complexity index is 684. The van der Waals surface area contributed by atoms with E-state index in [0.29, 0.717) is 6.54 Å². The number of fused-ring (bicyclic) bond motifs is 1. The van der Waals surface area contributed by atoms with Gasteiger partial charge in [-0.3, -0.25) is 0 Å². The molecule has 0 saturated carbocycles. The molecule has 2 N–H and O–H groups in total. The highest BCUT2D eigenvalue weighted by Gasteiger charge is 2.09. The lowest BCUT2D eigenvalue weighted by atomic mass is 10.1. The largest absolute Gasteiger partial charge is 0.326 e. The van der Waals surface area contributed by atoms with E-state index in [0.717, 1.165) is 28.2 Å². The van der Waals surface area contributed by atoms with Gasteiger partial charge in [0, 0.05) is 24.0 Å². The molecule has 3 nitrogen and oxygen atoms in total. The fourth-order valence-corrected chi connectivity index (χ4v) is 2.21. The van der Waals surface area contributed by atoms with Gasteiger partial charge in [-0.25, -0.2) is 4.98 Å². The zero-order chi connectivity index (χ0) is 12.5. The Labute approximate surface area is 106 Å². The van der Waals surface area contributed by atoms with E-state index >= 15 is 0 Å². The topological polar surface area (TPSA) is 43.3 Å². The summed E-state index contributed by atoms with van der Waals surface area (Å²) in [5.74, 6) is 0. The minimum atomic E-state index is 0.545. The first-order chi connectivity index (χ1) is 8.79. The average molecular weight is 237 g/mol. The Kier molecular flexibility index (Phi) is 2.61. The Balaban J connectivity index is 2.23. The summed E-state index contributed by atoms with van der Waals surface area (Å²) in [6, 6.07) is 14.3. The molecule has 2 heterocycles. The SMILES string of the molecule is Cc1c(-c2ccccc2)nc2cc(CN)ccn12. The first kappa shape index (κ1) is 11.0. The van der Waals surface area contributed by atoms with Gasteiger partial charge in [-0.15, -0.1) is 0 Å². The van der Waals surface area contributed by atoms with Gasteiger partial charge in [-0.05, 0) is 24.6 Å². The molecule has 0 amide bonds. The predicted octanol–water partition coefficient (Wildman–Crippen LogP) is 2.77. The molecule has 0 aliphatic carbocycles. The quantitative estimate of drug-likeness (QED) is 0.744. The van der Waals surface area contributed by atoms with E-state index in [2.05, 4.69) is 23.5 Å². The van der Waals surface area contributed by atoms with Gasteiger partial charge < -0.3 is 10.1 Å². The van der Waals surface area contributed by atoms with Gasteiger partial charge in [0.2, 0.25) is 0 Å². The van der Waals surface area contributed by atoms with Crippen LogP contribution in [0.15, 0.2) is 48.7 Å². The number of nitrogens with two attached hydrogens (primary N) is 1. The summed E-state index contributed by atoms with van der Waals surface area (Å²) in [4.78, 5) is 4.70. The third kappa shape index (κ3) is 1.69. The fraction of sp³-hybridized carbons (Fsp3) is 0.133. The minimum absolute atomic E-state index is 0.545. The highest BCUT2D eigenvalue weighted by atomic mass is 15.0. The second-order valence-corrected chi connectivity index (χ2v) is 4.38. The molecule has 0 aliphatic heterocycles. The number of nitrogens with zero attached hydrogens (tertiary/aromatic N) is 2. The molecule has 0 unspecified atom stereocenters. The van der Waals surface area contributed by atoms with Gasteiger partial charge in [0.25, 0.3) is 0 Å². The lowest BCUT2D eigenvalue weighted by Gasteiger charge is -2.00. The van der Waals surface area contributed by atoms with Crippen LogP contribution < -0.4 is 5.73 Å². The van der Waals surface area contributed by atoms with Gasteiger partial charge in [0.05, 0.1) is 5.69 Å². The molecule has 3 heteroatoms. The van der Waals surface area contributed by atoms with Crippen molar-refractivity contribution in [3.05, 3.63) is 59.9 Å². The van der Waals surface area contributed by atoms with E-state index in [1.165, 1.54) is 0 Å². The summed E-state index contributed by atoms with van der Waals surface area (Å²) < 4.78 is 2.10. The number of imidazole rings is 1. The van der Waals surface area contributed by atoms with Crippen molar-refractivity contribution in [2.45, 2.75) is 13.5 Å². The lowest BCUT2D eigenvalue weighted by molar-refractivity contribution is 1.04. The Morgan fingerprint density at radius 1 is 1.17 bits per heavy atom. The first-order valence-corrected chi connectivity index (χ1v) is 6.02. The molecule has 3 aromatic rings. The number of aryl methyl sites for hydroxylation is 1. The maximum atomic E-state index is 5.66. The van der Waals surface area contributed by atoms with Crippen LogP contribution in [0.1, 0.15) is 11.3 Å². The third-order valence-corrected chi connectivity index (χ3v) is 3.21. The van der Waals surface area contributed by atoms with Gasteiger partial charge in [-0.2, -0.15) is 0 Å². The Morgan fingerprint density at radius 3 is 2.67 bits per heavy atom. The molecule has 0 fully saturated rings. The molecular formula is C15H15N3. The number of benzene rings is 1. The molecule has 0 bridgehead atoms. The van der Waals surface area contributed by atoms with Crippen molar-refractivity contribution in [3.63, 3.8) is 0 Å². The van der Waals surface area contributed by atoms with Crippen molar-refractivity contribution < 1.29 is 0 Å². The van der Waals surface area contributed by atoms with Crippen LogP contribution in [0.25, 0.3) is 16.9 Å². The van der Waals surface area contributed by atoms with E-state index in [4.69, 9.17) is 10.7 Å². The summed E-state index contributed by atoms with van der Waals surface area (Å²) in [6.07, 6.45) is 2.03. The van der Waals surface area contributed by atoms with Crippen LogP contribution in [0.3, 0.4) is 0 Å². The minimum Gasteiger partial charge on any atom is -0.326 e. The van der Waals surface area contributed by atoms with Crippen LogP contribution in [0.4, 0.5) is 0 Å². The van der Waals surface area contributed by atoms with E-state index in [9.17, 15) is 0 Å². The van der Waals surface area contributed by atoms with E-state index in [-0.39, 0.29) is 0 Å². The van der Waals surface area contributed by atoms with E-state index < -0.39 is 0 Å². The lowest BCUT2D eigenvalue weighted by Crippen LogP contribution is -1.97. The molecule has 1 aromatic carbocycles. The van der Waals surface area contributed by atoms with Gasteiger partial charge in [0.1, 0.15) is 5.65 Å². The van der Waals surface area contributed by atoms with Crippen molar-refractivity contribution in [1.82, 2.24) is 9.38 Å². The molecule has 0 atom stereocenters. The summed E-state index contributed by atoms with van der Waals surface area (Å²) in [6.45, 7) is 2.63. The smallest absolute Gasteiger partial charge is 0.137 e. The molecule has 90 valence electrons. The van der Waals surface area contributed by atoms with Crippen LogP contribution >= 0.6 is 0 Å². The summed E-state index contributed by atoms with van der Waals surface area (Å²) in [5.41, 5.74) is 11.0. The van der Waals surface area contributed by atoms with E-state index in [1.54, 1.807) is 0 Å². The van der Waals surface area contributed by atoms with Crippen molar-refractivity contribution in [2.75, 3.05) is 0 Å². The maximum absolute atomic E-state index is 5.66. The zero-order valence-corrected chi connectivity index (χ0v) is 10.3. The molecule has 0 aliphatic rings. The Hall–Kier alpha value is -2.13. The first-order valence-electron chi connectivity index (χ1n) is 6.02. The van der Waals surface area contributed by atoms with Crippen molar-refractivity contribution >= 4 is 5.65 Å². The predicted molar refractivity (Wildman–Crippen MR) is 73.3 cm³/mol. The number of pyridine rings is 1. The maximum Gasteiger partial charge on any atom is 0.137 e. The van der Waals surface area contributed by atoms with Crippen LogP contribution in [0.2, 0.25) is 0 Å². The molecule has 0 radical (unpaired) electrons. The standard InChI is InChI=1S/C15H15N3/c1-11-15(13-5-3-2-4-6-13)17-14-9-12(10-16)7-8-18(11)14/h2-9H,10,16H2,1H3.